The molecule has 0 N–H and O–H groups in total. The molecule has 2 aromatic carbocycles. The Morgan fingerprint density at radius 2 is 1.28 bits per heavy atom. The number of methoxy groups -OCH3 is 2. The molecule has 4 atom stereocenters. The van der Waals surface area contributed by atoms with E-state index in [1.54, 1.807) is 0 Å². The van der Waals surface area contributed by atoms with Gasteiger partial charge in [0.2, 0.25) is 0 Å². The van der Waals surface area contributed by atoms with Crippen molar-refractivity contribution in [2.24, 2.45) is 11.8 Å². The van der Waals surface area contributed by atoms with Crippen molar-refractivity contribution >= 4 is 11.9 Å². The highest BCUT2D eigenvalue weighted by atomic mass is 16.5. The minimum Gasteiger partial charge on any atom is -0.469 e. The van der Waals surface area contributed by atoms with Crippen LogP contribution in [0.5, 0.6) is 0 Å². The van der Waals surface area contributed by atoms with Gasteiger partial charge in [-0.15, -0.1) is 0 Å². The molecule has 0 amide bonds. The zero-order valence-electron chi connectivity index (χ0n) is 14.6. The van der Waals surface area contributed by atoms with Crippen molar-refractivity contribution in [1.29, 1.82) is 0 Å². The van der Waals surface area contributed by atoms with Crippen LogP contribution in [-0.2, 0) is 19.1 Å². The number of carbonyl (C=O) groups excluding carboxylic acids is 2. The molecular formula is C21H22O4. The third-order valence-corrected chi connectivity index (χ3v) is 5.21. The maximum atomic E-state index is 12.7. The maximum absolute atomic E-state index is 12.7. The molecule has 4 nitrogen and oxygen atoms in total. The molecule has 1 aliphatic rings. The maximum Gasteiger partial charge on any atom is 0.310 e. The zero-order valence-corrected chi connectivity index (χ0v) is 14.6. The predicted octanol–water partition coefficient (Wildman–Crippen LogP) is 3.51. The highest BCUT2D eigenvalue weighted by Gasteiger charge is 2.49. The van der Waals surface area contributed by atoms with Gasteiger partial charge in [0, 0.05) is 5.92 Å². The van der Waals surface area contributed by atoms with Crippen LogP contribution in [-0.4, -0.2) is 26.2 Å². The molecule has 1 aliphatic carbocycles. The summed E-state index contributed by atoms with van der Waals surface area (Å²) < 4.78 is 10.1. The van der Waals surface area contributed by atoms with Gasteiger partial charge >= 0.3 is 11.9 Å². The van der Waals surface area contributed by atoms with E-state index in [4.69, 9.17) is 9.47 Å². The quantitative estimate of drug-likeness (QED) is 0.804. The van der Waals surface area contributed by atoms with E-state index in [0.717, 1.165) is 16.7 Å². The molecule has 0 aromatic heterocycles. The molecule has 130 valence electrons. The number of rotatable bonds is 3. The van der Waals surface area contributed by atoms with Crippen LogP contribution in [0, 0.1) is 11.8 Å². The van der Waals surface area contributed by atoms with E-state index in [1.807, 2.05) is 61.5 Å². The number of esters is 2. The van der Waals surface area contributed by atoms with E-state index in [-0.39, 0.29) is 23.8 Å². The normalized spacial score (nSPS) is 24.9. The van der Waals surface area contributed by atoms with Crippen molar-refractivity contribution in [2.45, 2.75) is 18.8 Å². The van der Waals surface area contributed by atoms with Gasteiger partial charge in [0.15, 0.2) is 0 Å². The summed E-state index contributed by atoms with van der Waals surface area (Å²) in [6.07, 6.45) is 0. The Hall–Kier alpha value is -2.62. The SMILES string of the molecule is COC(=O)C1C(C)c2ccccc2C(c2ccccc2)C1C(=O)OC. The average molecular weight is 338 g/mol. The number of hydrogen-bond donors (Lipinski definition) is 0. The number of carbonyl (C=O) groups is 2. The molecule has 2 aromatic rings. The molecular weight excluding hydrogens is 316 g/mol. The largest absolute Gasteiger partial charge is 0.469 e. The van der Waals surface area contributed by atoms with Crippen molar-refractivity contribution < 1.29 is 19.1 Å². The lowest BCUT2D eigenvalue weighted by Crippen LogP contribution is -2.42. The summed E-state index contributed by atoms with van der Waals surface area (Å²) in [5, 5.41) is 0. The van der Waals surface area contributed by atoms with Gasteiger partial charge in [-0.2, -0.15) is 0 Å². The lowest BCUT2D eigenvalue weighted by atomic mass is 9.62. The summed E-state index contributed by atoms with van der Waals surface area (Å²) in [5.74, 6) is -2.34. The van der Waals surface area contributed by atoms with E-state index in [1.165, 1.54) is 14.2 Å². The lowest BCUT2D eigenvalue weighted by Gasteiger charge is -2.40. The minimum atomic E-state index is -0.621. The third-order valence-electron chi connectivity index (χ3n) is 5.21. The van der Waals surface area contributed by atoms with Gasteiger partial charge in [-0.05, 0) is 22.6 Å². The van der Waals surface area contributed by atoms with Crippen molar-refractivity contribution in [1.82, 2.24) is 0 Å². The summed E-state index contributed by atoms with van der Waals surface area (Å²) in [6, 6.07) is 17.8. The fourth-order valence-electron chi connectivity index (χ4n) is 4.07. The molecule has 4 heteroatoms. The second-order valence-electron chi connectivity index (χ2n) is 6.40. The highest BCUT2D eigenvalue weighted by Crippen LogP contribution is 2.49. The summed E-state index contributed by atoms with van der Waals surface area (Å²) in [7, 11) is 2.73. The van der Waals surface area contributed by atoms with E-state index < -0.39 is 11.8 Å². The van der Waals surface area contributed by atoms with Gasteiger partial charge in [0.05, 0.1) is 26.1 Å². The minimum absolute atomic E-state index is 0.132. The molecule has 25 heavy (non-hydrogen) atoms. The van der Waals surface area contributed by atoms with E-state index in [9.17, 15) is 9.59 Å². The van der Waals surface area contributed by atoms with Crippen molar-refractivity contribution in [3.05, 3.63) is 71.3 Å². The Morgan fingerprint density at radius 3 is 1.88 bits per heavy atom. The van der Waals surface area contributed by atoms with Gasteiger partial charge in [0.25, 0.3) is 0 Å². The Balaban J connectivity index is 2.25. The number of fused-ring (bicyclic) bond motifs is 1. The Morgan fingerprint density at radius 1 is 0.760 bits per heavy atom. The number of hydrogen-bond acceptors (Lipinski definition) is 4. The van der Waals surface area contributed by atoms with E-state index >= 15 is 0 Å². The number of ether oxygens (including phenoxy) is 2. The van der Waals surface area contributed by atoms with Crippen LogP contribution in [0.15, 0.2) is 54.6 Å². The van der Waals surface area contributed by atoms with Crippen molar-refractivity contribution in [3.63, 3.8) is 0 Å². The molecule has 0 radical (unpaired) electrons. The Labute approximate surface area is 147 Å². The monoisotopic (exact) mass is 338 g/mol. The van der Waals surface area contributed by atoms with Gasteiger partial charge in [-0.25, -0.2) is 0 Å². The molecule has 3 rings (SSSR count). The standard InChI is InChI=1S/C21H22O4/c1-13-15-11-7-8-12-16(15)18(14-9-5-4-6-10-14)19(21(23)25-3)17(13)20(22)24-2/h4-13,17-19H,1-3H3. The third kappa shape index (κ3) is 2.93. The smallest absolute Gasteiger partial charge is 0.310 e. The van der Waals surface area contributed by atoms with Gasteiger partial charge in [-0.1, -0.05) is 61.5 Å². The summed E-state index contributed by atoms with van der Waals surface area (Å²) >= 11 is 0. The van der Waals surface area contributed by atoms with E-state index in [0.29, 0.717) is 0 Å². The van der Waals surface area contributed by atoms with Crippen molar-refractivity contribution in [2.75, 3.05) is 14.2 Å². The first-order valence-electron chi connectivity index (χ1n) is 8.39. The topological polar surface area (TPSA) is 52.6 Å². The van der Waals surface area contributed by atoms with Crippen LogP contribution in [0.2, 0.25) is 0 Å². The summed E-state index contributed by atoms with van der Waals surface area (Å²) in [4.78, 5) is 25.3. The zero-order chi connectivity index (χ0) is 18.0. The molecule has 0 aliphatic heterocycles. The van der Waals surface area contributed by atoms with Gasteiger partial charge in [0.1, 0.15) is 0 Å². The first-order valence-corrected chi connectivity index (χ1v) is 8.39. The number of benzene rings is 2. The fourth-order valence-corrected chi connectivity index (χ4v) is 4.07. The summed E-state index contributed by atoms with van der Waals surface area (Å²) in [6.45, 7) is 1.97. The van der Waals surface area contributed by atoms with Crippen LogP contribution in [0.3, 0.4) is 0 Å². The van der Waals surface area contributed by atoms with Crippen molar-refractivity contribution in [3.8, 4) is 0 Å². The molecule has 0 fully saturated rings. The molecule has 4 unspecified atom stereocenters. The second kappa shape index (κ2) is 7.09. The molecule has 0 saturated carbocycles. The second-order valence-corrected chi connectivity index (χ2v) is 6.40. The van der Waals surface area contributed by atoms with Crippen LogP contribution < -0.4 is 0 Å². The van der Waals surface area contributed by atoms with Crippen LogP contribution in [0.25, 0.3) is 0 Å². The van der Waals surface area contributed by atoms with Crippen LogP contribution in [0.4, 0.5) is 0 Å². The average Bonchev–Trinajstić information content (AvgIpc) is 2.67. The van der Waals surface area contributed by atoms with Gasteiger partial charge in [-0.3, -0.25) is 9.59 Å². The highest BCUT2D eigenvalue weighted by molar-refractivity contribution is 5.85. The first kappa shape index (κ1) is 17.2. The van der Waals surface area contributed by atoms with Crippen LogP contribution >= 0.6 is 0 Å². The predicted molar refractivity (Wildman–Crippen MR) is 94.2 cm³/mol. The lowest BCUT2D eigenvalue weighted by molar-refractivity contribution is -0.159. The molecule has 0 bridgehead atoms. The molecule has 0 spiro atoms. The van der Waals surface area contributed by atoms with Crippen LogP contribution in [0.1, 0.15) is 35.4 Å². The molecule has 0 saturated heterocycles. The molecule has 0 heterocycles. The van der Waals surface area contributed by atoms with E-state index in [2.05, 4.69) is 0 Å². The summed E-state index contributed by atoms with van der Waals surface area (Å²) in [5.41, 5.74) is 3.13. The Kier molecular flexibility index (Phi) is 4.88. The van der Waals surface area contributed by atoms with Gasteiger partial charge < -0.3 is 9.47 Å². The fraction of sp³-hybridized carbons (Fsp3) is 0.333. The Bertz CT molecular complexity index is 768. The first-order chi connectivity index (χ1) is 12.1.